The van der Waals surface area contributed by atoms with E-state index in [0.717, 1.165) is 28.2 Å². The summed E-state index contributed by atoms with van der Waals surface area (Å²) in [5, 5.41) is 7.66. The number of fused-ring (bicyclic) bond motifs is 1. The molecule has 1 aliphatic heterocycles. The highest BCUT2D eigenvalue weighted by atomic mass is 127. The Balaban J connectivity index is 1.52. The Hall–Kier alpha value is -2.20. The molecule has 24 heavy (non-hydrogen) atoms. The van der Waals surface area contributed by atoms with E-state index in [1.165, 1.54) is 0 Å². The first-order chi connectivity index (χ1) is 11.8. The number of nitrogens with zero attached hydrogens (tertiary/aromatic N) is 2. The molecule has 1 aliphatic rings. The first kappa shape index (κ1) is 15.3. The average Bonchev–Trinajstić information content (AvgIpc) is 3.24. The number of amides is 2. The van der Waals surface area contributed by atoms with Crippen molar-refractivity contribution in [2.75, 3.05) is 10.6 Å². The van der Waals surface area contributed by atoms with Gasteiger partial charge in [0.15, 0.2) is 5.82 Å². The minimum atomic E-state index is -0.282. The van der Waals surface area contributed by atoms with Crippen LogP contribution in [0.4, 0.5) is 16.2 Å². The van der Waals surface area contributed by atoms with E-state index in [-0.39, 0.29) is 25.7 Å². The molecule has 1 aromatic heterocycles. The van der Waals surface area contributed by atoms with Gasteiger partial charge < -0.3 is 15.6 Å². The molecule has 8 heteroatoms. The second-order valence-electron chi connectivity index (χ2n) is 5.01. The van der Waals surface area contributed by atoms with Crippen LogP contribution >= 0.6 is 28.6 Å². The van der Waals surface area contributed by atoms with Crippen LogP contribution in [-0.2, 0) is 0 Å². The monoisotopic (exact) mass is 449 g/mol. The molecule has 2 aromatic carbocycles. The number of aromatic nitrogens is 2. The second-order valence-corrected chi connectivity index (χ2v) is 8.75. The molecule has 3 N–H and O–H groups in total. The molecule has 0 radical (unpaired) electrons. The van der Waals surface area contributed by atoms with Crippen molar-refractivity contribution in [1.82, 2.24) is 9.97 Å². The summed E-state index contributed by atoms with van der Waals surface area (Å²) in [6, 6.07) is 14.6. The van der Waals surface area contributed by atoms with Gasteiger partial charge in [-0.1, -0.05) is 18.2 Å². The van der Waals surface area contributed by atoms with E-state index in [2.05, 4.69) is 23.7 Å². The summed E-state index contributed by atoms with van der Waals surface area (Å²) in [7, 11) is 1.76. The third kappa shape index (κ3) is 3.34. The van der Waals surface area contributed by atoms with Gasteiger partial charge in [0.05, 0.1) is 30.7 Å². The maximum absolute atomic E-state index is 12.1. The molecule has 0 aliphatic carbocycles. The molecule has 0 saturated heterocycles. The van der Waals surface area contributed by atoms with Gasteiger partial charge in [0.2, 0.25) is 0 Å². The number of para-hydroxylation sites is 1. The number of benzene rings is 2. The third-order valence-corrected chi connectivity index (χ3v) is 6.35. The summed E-state index contributed by atoms with van der Waals surface area (Å²) in [5.74, 6) is 0.778. The number of halogens is 1. The van der Waals surface area contributed by atoms with Crippen molar-refractivity contribution in [3.63, 3.8) is 0 Å². The Labute approximate surface area is 150 Å². The first-order valence-corrected chi connectivity index (χ1v) is 11.5. The first-order valence-electron chi connectivity index (χ1n) is 7.12. The zero-order valence-electron chi connectivity index (χ0n) is 12.3. The van der Waals surface area contributed by atoms with Crippen LogP contribution in [0, 0.1) is 0 Å². The van der Waals surface area contributed by atoms with Crippen LogP contribution in [-0.4, -0.2) is 16.0 Å². The molecule has 0 atom stereocenters. The minimum absolute atomic E-state index is 0.173. The number of carbonyl (C=O) groups is 1. The van der Waals surface area contributed by atoms with Gasteiger partial charge >= 0.3 is 6.03 Å². The Morgan fingerprint density at radius 3 is 2.71 bits per heavy atom. The standard InChI is InChI=1S/C16H12IN5OS/c23-16(18-10-4-2-1-3-5-10)19-11-6-7-12-13(8-11)21-15(20-12)14-9-24-17-22-14/h1-9H,(H,20,21)(H2,18,19,23). The number of aromatic amines is 1. The number of hydrogen-bond acceptors (Lipinski definition) is 4. The molecule has 0 fully saturated rings. The molecule has 0 unspecified atom stereocenters. The highest BCUT2D eigenvalue weighted by Crippen LogP contribution is 2.38. The maximum atomic E-state index is 12.1. The molecule has 0 spiro atoms. The number of carbonyl (C=O) groups excluding carboxylic acids is 1. The maximum Gasteiger partial charge on any atom is 0.323 e. The smallest absolute Gasteiger partial charge is 0.323 e. The summed E-state index contributed by atoms with van der Waals surface area (Å²) in [6.45, 7) is 0. The molecule has 120 valence electrons. The van der Waals surface area contributed by atoms with Crippen LogP contribution in [0.1, 0.15) is 5.82 Å². The molecule has 2 heterocycles. The molecular weight excluding hydrogens is 437 g/mol. The quantitative estimate of drug-likeness (QED) is 0.474. The summed E-state index contributed by atoms with van der Waals surface area (Å²) < 4.78 is 4.48. The number of nitrogens with one attached hydrogen (secondary N) is 3. The van der Waals surface area contributed by atoms with Gasteiger partial charge in [0.25, 0.3) is 0 Å². The van der Waals surface area contributed by atoms with E-state index in [9.17, 15) is 4.79 Å². The largest absolute Gasteiger partial charge is 0.337 e. The van der Waals surface area contributed by atoms with Crippen molar-refractivity contribution >= 4 is 62.7 Å². The number of H-pyrrole nitrogens is 1. The van der Waals surface area contributed by atoms with Crippen LogP contribution in [0.3, 0.4) is 0 Å². The van der Waals surface area contributed by atoms with Crippen molar-refractivity contribution in [1.29, 1.82) is 0 Å². The fraction of sp³-hybridized carbons (Fsp3) is 0. The van der Waals surface area contributed by atoms with E-state index >= 15 is 0 Å². The molecule has 0 bridgehead atoms. The molecule has 0 saturated carbocycles. The van der Waals surface area contributed by atoms with E-state index in [4.69, 9.17) is 0 Å². The van der Waals surface area contributed by atoms with Crippen LogP contribution in [0.15, 0.2) is 57.1 Å². The topological polar surface area (TPSA) is 82.2 Å². The van der Waals surface area contributed by atoms with Crippen molar-refractivity contribution in [3.8, 4) is 0 Å². The van der Waals surface area contributed by atoms with Crippen LogP contribution in [0.25, 0.3) is 16.7 Å². The van der Waals surface area contributed by atoms with Gasteiger partial charge in [-0.25, -0.2) is 12.9 Å². The van der Waals surface area contributed by atoms with E-state index in [1.807, 2.05) is 53.9 Å². The zero-order chi connectivity index (χ0) is 16.4. The number of imidazole rings is 1. The van der Waals surface area contributed by atoms with Gasteiger partial charge in [-0.3, -0.25) is 0 Å². The van der Waals surface area contributed by atoms with E-state index in [1.54, 1.807) is 8.93 Å². The third-order valence-electron chi connectivity index (χ3n) is 3.34. The van der Waals surface area contributed by atoms with Gasteiger partial charge in [-0.05, 0) is 39.3 Å². The normalized spacial score (nSPS) is 13.4. The van der Waals surface area contributed by atoms with Crippen molar-refractivity contribution in [2.24, 2.45) is 3.15 Å². The fourth-order valence-corrected chi connectivity index (χ4v) is 5.26. The predicted octanol–water partition coefficient (Wildman–Crippen LogP) is 5.32. The molecule has 4 rings (SSSR count). The number of urea groups is 1. The molecular formula is C16H12IN5OS. The Kier molecular flexibility index (Phi) is 4.30. The molecule has 3 aromatic rings. The predicted molar refractivity (Wildman–Crippen MR) is 107 cm³/mol. The lowest BCUT2D eigenvalue weighted by molar-refractivity contribution is 0.262. The van der Waals surface area contributed by atoms with Gasteiger partial charge in [0.1, 0.15) is 5.70 Å². The number of hydrogen-bond donors (Lipinski definition) is 3. The van der Waals surface area contributed by atoms with Crippen molar-refractivity contribution < 1.29 is 4.79 Å². The molecule has 6 nitrogen and oxygen atoms in total. The highest BCUT2D eigenvalue weighted by Gasteiger charge is 2.11. The average molecular weight is 449 g/mol. The summed E-state index contributed by atoms with van der Waals surface area (Å²) in [6.07, 6.45) is 0. The minimum Gasteiger partial charge on any atom is -0.337 e. The van der Waals surface area contributed by atoms with Crippen LogP contribution < -0.4 is 10.6 Å². The van der Waals surface area contributed by atoms with E-state index in [0.29, 0.717) is 5.69 Å². The lowest BCUT2D eigenvalue weighted by Gasteiger charge is -2.07. The Morgan fingerprint density at radius 1 is 1.08 bits per heavy atom. The van der Waals surface area contributed by atoms with Gasteiger partial charge in [0, 0.05) is 16.8 Å². The molecule has 2 amide bonds. The SMILES string of the molecule is O=C(Nc1ccccc1)Nc1ccc2nc(C3=CSI=N3)[nH]c2c1. The fourth-order valence-electron chi connectivity index (χ4n) is 2.26. The van der Waals surface area contributed by atoms with Gasteiger partial charge in [-0.15, -0.1) is 0 Å². The highest BCUT2D eigenvalue weighted by molar-refractivity contribution is 14.2. The zero-order valence-corrected chi connectivity index (χ0v) is 15.3. The van der Waals surface area contributed by atoms with Crippen LogP contribution in [0.5, 0.6) is 0 Å². The Bertz CT molecular complexity index is 967. The Morgan fingerprint density at radius 2 is 1.92 bits per heavy atom. The summed E-state index contributed by atoms with van der Waals surface area (Å²) in [4.78, 5) is 19.9. The van der Waals surface area contributed by atoms with Gasteiger partial charge in [-0.2, -0.15) is 0 Å². The van der Waals surface area contributed by atoms with E-state index < -0.39 is 0 Å². The second kappa shape index (κ2) is 6.73. The number of anilines is 2. The van der Waals surface area contributed by atoms with Crippen molar-refractivity contribution in [3.05, 3.63) is 59.8 Å². The lowest BCUT2D eigenvalue weighted by Crippen LogP contribution is -2.19. The summed E-state index contributed by atoms with van der Waals surface area (Å²) in [5.41, 5.74) is 4.08. The summed E-state index contributed by atoms with van der Waals surface area (Å²) >= 11 is -0.173. The van der Waals surface area contributed by atoms with Crippen LogP contribution in [0.2, 0.25) is 0 Å². The number of rotatable bonds is 3. The van der Waals surface area contributed by atoms with Crippen molar-refractivity contribution in [2.45, 2.75) is 0 Å². The lowest BCUT2D eigenvalue weighted by atomic mass is 10.3.